The molecule has 0 aliphatic carbocycles. The van der Waals surface area contributed by atoms with Crippen LogP contribution in [-0.4, -0.2) is 76.6 Å². The molecule has 1 aliphatic rings. The third-order valence-electron chi connectivity index (χ3n) is 5.74. The van der Waals surface area contributed by atoms with Gasteiger partial charge in [0.1, 0.15) is 0 Å². The number of alkyl halides is 3. The number of aromatic nitrogens is 3. The third-order valence-corrected chi connectivity index (χ3v) is 5.74. The van der Waals surface area contributed by atoms with Crippen molar-refractivity contribution in [2.75, 3.05) is 50.1 Å². The van der Waals surface area contributed by atoms with E-state index >= 15 is 0 Å². The lowest BCUT2D eigenvalue weighted by atomic mass is 10.2. The lowest BCUT2D eigenvalue weighted by molar-refractivity contribution is -0.274. The summed E-state index contributed by atoms with van der Waals surface area (Å²) in [6.07, 6.45) is -1.96. The molecular weight excluding hydrogens is 479 g/mol. The van der Waals surface area contributed by atoms with Crippen LogP contribution >= 0.6 is 0 Å². The number of halogens is 3. The second-order valence-corrected chi connectivity index (χ2v) is 8.30. The molecule has 0 atom stereocenters. The molecule has 1 aromatic carbocycles. The zero-order valence-electron chi connectivity index (χ0n) is 19.5. The number of carbonyl (C=O) groups is 1. The van der Waals surface area contributed by atoms with Gasteiger partial charge < -0.3 is 35.3 Å². The van der Waals surface area contributed by atoms with E-state index in [0.29, 0.717) is 11.4 Å². The van der Waals surface area contributed by atoms with Crippen molar-refractivity contribution in [2.24, 2.45) is 5.73 Å². The number of hydrogen-bond donors (Lipinski definition) is 3. The number of piperazine rings is 1. The summed E-state index contributed by atoms with van der Waals surface area (Å²) in [5.74, 6) is -1.04. The summed E-state index contributed by atoms with van der Waals surface area (Å²) >= 11 is 0. The van der Waals surface area contributed by atoms with Crippen molar-refractivity contribution in [1.82, 2.24) is 19.4 Å². The maximum absolute atomic E-state index is 13.1. The first-order chi connectivity index (χ1) is 17.1. The van der Waals surface area contributed by atoms with Gasteiger partial charge in [0.15, 0.2) is 5.75 Å². The minimum absolute atomic E-state index is 0.0208. The Morgan fingerprint density at radius 3 is 2.61 bits per heavy atom. The van der Waals surface area contributed by atoms with Gasteiger partial charge in [-0.25, -0.2) is 9.97 Å². The Hall–Kier alpha value is -3.84. The summed E-state index contributed by atoms with van der Waals surface area (Å²) in [4.78, 5) is 24.4. The van der Waals surface area contributed by atoms with Crippen LogP contribution in [0.2, 0.25) is 0 Å². The zero-order chi connectivity index (χ0) is 25.9. The summed E-state index contributed by atoms with van der Waals surface area (Å²) in [7, 11) is 2.01. The first-order valence-corrected chi connectivity index (χ1v) is 11.2. The average molecular weight is 506 g/mol. The molecule has 1 amide bonds. The SMILES string of the molecule is CN1CCN(c2ccc(OC(F)(F)F)c(Nc3nccc(-c4cc(C(N)=O)cn4CCO)n3)c2)CC1. The Balaban J connectivity index is 1.67. The molecule has 36 heavy (non-hydrogen) atoms. The predicted octanol–water partition coefficient (Wildman–Crippen LogP) is 2.43. The van der Waals surface area contributed by atoms with Crippen molar-refractivity contribution in [3.8, 4) is 17.1 Å². The number of nitrogens with one attached hydrogen (secondary N) is 1. The molecule has 1 saturated heterocycles. The number of ether oxygens (including phenoxy) is 1. The molecule has 0 unspecified atom stereocenters. The molecule has 13 heteroatoms. The number of primary amides is 1. The summed E-state index contributed by atoms with van der Waals surface area (Å²) in [6.45, 7) is 3.11. The highest BCUT2D eigenvalue weighted by Crippen LogP contribution is 2.35. The largest absolute Gasteiger partial charge is 0.573 e. The first-order valence-electron chi connectivity index (χ1n) is 11.2. The van der Waals surface area contributed by atoms with Gasteiger partial charge in [-0.15, -0.1) is 13.2 Å². The Kier molecular flexibility index (Phi) is 7.31. The van der Waals surface area contributed by atoms with Crippen molar-refractivity contribution in [1.29, 1.82) is 0 Å². The van der Waals surface area contributed by atoms with E-state index in [1.54, 1.807) is 22.8 Å². The van der Waals surface area contributed by atoms with E-state index in [0.717, 1.165) is 31.9 Å². The molecule has 0 saturated carbocycles. The number of likely N-dealkylation sites (N-methyl/N-ethyl adjacent to an activating group) is 1. The zero-order valence-corrected chi connectivity index (χ0v) is 19.5. The molecule has 3 heterocycles. The minimum Gasteiger partial charge on any atom is -0.404 e. The fourth-order valence-electron chi connectivity index (χ4n) is 3.93. The van der Waals surface area contributed by atoms with Crippen molar-refractivity contribution < 1.29 is 27.8 Å². The van der Waals surface area contributed by atoms with E-state index in [1.165, 1.54) is 24.5 Å². The minimum atomic E-state index is -4.88. The molecule has 1 aliphatic heterocycles. The van der Waals surface area contributed by atoms with Crippen LogP contribution in [0.5, 0.6) is 5.75 Å². The van der Waals surface area contributed by atoms with Gasteiger partial charge in [-0.05, 0) is 37.4 Å². The Morgan fingerprint density at radius 1 is 1.19 bits per heavy atom. The second-order valence-electron chi connectivity index (χ2n) is 8.30. The van der Waals surface area contributed by atoms with E-state index in [2.05, 4.69) is 29.8 Å². The van der Waals surface area contributed by atoms with Gasteiger partial charge in [0.25, 0.3) is 0 Å². The molecule has 192 valence electrons. The van der Waals surface area contributed by atoms with E-state index < -0.39 is 18.0 Å². The number of hydrogen-bond acceptors (Lipinski definition) is 8. The first kappa shape index (κ1) is 25.3. The van der Waals surface area contributed by atoms with Crippen LogP contribution in [0.3, 0.4) is 0 Å². The van der Waals surface area contributed by atoms with Crippen LogP contribution in [0, 0.1) is 0 Å². The highest BCUT2D eigenvalue weighted by Gasteiger charge is 2.32. The van der Waals surface area contributed by atoms with Crippen molar-refractivity contribution in [2.45, 2.75) is 12.9 Å². The van der Waals surface area contributed by atoms with Gasteiger partial charge >= 0.3 is 6.36 Å². The summed E-state index contributed by atoms with van der Waals surface area (Å²) in [6, 6.07) is 7.52. The van der Waals surface area contributed by atoms with E-state index in [9.17, 15) is 23.1 Å². The Labute approximate surface area is 205 Å². The fourth-order valence-corrected chi connectivity index (χ4v) is 3.93. The number of aliphatic hydroxyl groups is 1. The molecule has 2 aromatic heterocycles. The number of anilines is 3. The standard InChI is InChI=1S/C23H26F3N7O3/c1-31-6-8-32(9-7-31)16-2-3-20(36-23(24,25)26)18(13-16)30-22-28-5-4-17(29-22)19-12-15(21(27)35)14-33(19)10-11-34/h2-5,12-14,34H,6-11H2,1H3,(H2,27,35)(H,28,29,30). The number of aliphatic hydroxyl groups excluding tert-OH is 1. The van der Waals surface area contributed by atoms with Gasteiger partial charge in [0, 0.05) is 50.8 Å². The quantitative estimate of drug-likeness (QED) is 0.427. The number of amides is 1. The van der Waals surface area contributed by atoms with Crippen LogP contribution in [0.1, 0.15) is 10.4 Å². The molecule has 4 rings (SSSR count). The summed E-state index contributed by atoms with van der Waals surface area (Å²) in [5, 5.41) is 12.2. The van der Waals surface area contributed by atoms with Crippen LogP contribution < -0.4 is 20.7 Å². The molecule has 3 aromatic rings. The average Bonchev–Trinajstić information content (AvgIpc) is 3.25. The van der Waals surface area contributed by atoms with Gasteiger partial charge in [0.05, 0.1) is 29.2 Å². The molecule has 0 radical (unpaired) electrons. The number of benzene rings is 1. The number of rotatable bonds is 8. The van der Waals surface area contributed by atoms with Gasteiger partial charge in [-0.3, -0.25) is 4.79 Å². The summed E-state index contributed by atoms with van der Waals surface area (Å²) < 4.78 is 45.1. The predicted molar refractivity (Wildman–Crippen MR) is 127 cm³/mol. The van der Waals surface area contributed by atoms with Gasteiger partial charge in [-0.2, -0.15) is 0 Å². The molecule has 0 spiro atoms. The third kappa shape index (κ3) is 6.04. The van der Waals surface area contributed by atoms with Crippen LogP contribution in [0.15, 0.2) is 42.7 Å². The van der Waals surface area contributed by atoms with Crippen LogP contribution in [0.25, 0.3) is 11.4 Å². The smallest absolute Gasteiger partial charge is 0.404 e. The van der Waals surface area contributed by atoms with E-state index in [-0.39, 0.29) is 30.4 Å². The fraction of sp³-hybridized carbons (Fsp3) is 0.348. The summed E-state index contributed by atoms with van der Waals surface area (Å²) in [5.41, 5.74) is 7.25. The van der Waals surface area contributed by atoms with Crippen molar-refractivity contribution in [3.63, 3.8) is 0 Å². The maximum Gasteiger partial charge on any atom is 0.573 e. The number of nitrogens with zero attached hydrogens (tertiary/aromatic N) is 5. The van der Waals surface area contributed by atoms with Crippen LogP contribution in [0.4, 0.5) is 30.5 Å². The van der Waals surface area contributed by atoms with Crippen LogP contribution in [-0.2, 0) is 6.54 Å². The maximum atomic E-state index is 13.1. The van der Waals surface area contributed by atoms with Crippen molar-refractivity contribution in [3.05, 3.63) is 48.3 Å². The number of carbonyl (C=O) groups excluding carboxylic acids is 1. The lowest BCUT2D eigenvalue weighted by Gasteiger charge is -2.34. The molecule has 10 nitrogen and oxygen atoms in total. The van der Waals surface area contributed by atoms with Crippen molar-refractivity contribution >= 4 is 23.2 Å². The normalized spacial score (nSPS) is 14.6. The van der Waals surface area contributed by atoms with Gasteiger partial charge in [-0.1, -0.05) is 0 Å². The molecule has 4 N–H and O–H groups in total. The Morgan fingerprint density at radius 2 is 1.94 bits per heavy atom. The van der Waals surface area contributed by atoms with E-state index in [4.69, 9.17) is 5.73 Å². The second kappa shape index (κ2) is 10.4. The topological polar surface area (TPSA) is 122 Å². The molecular formula is C23H26F3N7O3. The number of nitrogens with two attached hydrogens (primary N) is 1. The molecule has 0 bridgehead atoms. The highest BCUT2D eigenvalue weighted by molar-refractivity contribution is 5.94. The molecule has 1 fully saturated rings. The highest BCUT2D eigenvalue weighted by atomic mass is 19.4. The lowest BCUT2D eigenvalue weighted by Crippen LogP contribution is -2.44. The van der Waals surface area contributed by atoms with Gasteiger partial charge in [0.2, 0.25) is 11.9 Å². The van der Waals surface area contributed by atoms with E-state index in [1.807, 2.05) is 7.05 Å². The Bertz CT molecular complexity index is 1220. The monoisotopic (exact) mass is 505 g/mol.